The molecule has 0 aromatic rings. The second-order valence-corrected chi connectivity index (χ2v) is 10.2. The van der Waals surface area contributed by atoms with Crippen molar-refractivity contribution in [2.75, 3.05) is 0 Å². The molecule has 0 radical (unpaired) electrons. The van der Waals surface area contributed by atoms with Crippen LogP contribution < -0.4 is 0 Å². The fourth-order valence-electron chi connectivity index (χ4n) is 2.74. The number of hydrogen-bond donors (Lipinski definition) is 0. The van der Waals surface area contributed by atoms with E-state index in [9.17, 15) is 0 Å². The molecule has 0 spiro atoms. The molecular weight excluding hydrogens is 216 g/mol. The Morgan fingerprint density at radius 3 is 1.27 bits per heavy atom. The van der Waals surface area contributed by atoms with Crippen molar-refractivity contribution in [3.8, 4) is 0 Å². The first-order valence-electron chi connectivity index (χ1n) is 7.11. The van der Waals surface area contributed by atoms with E-state index in [0.717, 1.165) is 0 Å². The molecule has 0 nitrogen and oxygen atoms in total. The summed E-state index contributed by atoms with van der Waals surface area (Å²) >= 11 is -0.616. The first kappa shape index (κ1) is 13.8. The fraction of sp³-hybridized carbons (Fsp3) is 1.00. The molecule has 0 atom stereocenters. The molecule has 0 unspecified atom stereocenters. The van der Waals surface area contributed by atoms with E-state index in [1.54, 1.807) is 12.8 Å². The van der Waals surface area contributed by atoms with Gasteiger partial charge in [0.2, 0.25) is 0 Å². The minimum atomic E-state index is -0.616. The van der Waals surface area contributed by atoms with Crippen LogP contribution in [0.1, 0.15) is 70.6 Å². The number of hydrogen-bond acceptors (Lipinski definition) is 0. The van der Waals surface area contributed by atoms with Crippen molar-refractivity contribution in [3.05, 3.63) is 0 Å². The van der Waals surface area contributed by atoms with Crippen LogP contribution in [-0.4, -0.2) is 0 Å². The SMILES string of the molecule is [CH3][Ti]([CH3])[CH]1CCCCCCCCCCC1. The standard InChI is InChI=1S/C12H23.2CH3.Ti/c1-2-4-6-8-10-12-11-9-7-5-3-1;;;/h1H,2-12H2;2*1H3;. The van der Waals surface area contributed by atoms with E-state index in [1.165, 1.54) is 62.0 Å². The molecule has 0 N–H and O–H groups in total. The van der Waals surface area contributed by atoms with Crippen molar-refractivity contribution in [3.63, 3.8) is 0 Å². The normalized spacial score (nSPS) is 22.8. The maximum atomic E-state index is 2.58. The van der Waals surface area contributed by atoms with Gasteiger partial charge in [0.05, 0.1) is 0 Å². The van der Waals surface area contributed by atoms with Crippen molar-refractivity contribution in [2.45, 2.75) is 85.3 Å². The van der Waals surface area contributed by atoms with Crippen molar-refractivity contribution in [1.29, 1.82) is 0 Å². The van der Waals surface area contributed by atoms with E-state index < -0.39 is 17.9 Å². The Hall–Kier alpha value is 0.714. The Morgan fingerprint density at radius 2 is 0.933 bits per heavy atom. The third-order valence-electron chi connectivity index (χ3n) is 3.92. The average Bonchev–Trinajstić information content (AvgIpc) is 2.18. The van der Waals surface area contributed by atoms with Gasteiger partial charge >= 0.3 is 103 Å². The van der Waals surface area contributed by atoms with Gasteiger partial charge in [-0.05, 0) is 0 Å². The molecule has 0 aromatic heterocycles. The zero-order chi connectivity index (χ0) is 10.9. The van der Waals surface area contributed by atoms with Crippen molar-refractivity contribution >= 4 is 0 Å². The maximum absolute atomic E-state index is 2.58. The van der Waals surface area contributed by atoms with E-state index >= 15 is 0 Å². The van der Waals surface area contributed by atoms with Gasteiger partial charge in [-0.2, -0.15) is 0 Å². The Bertz CT molecular complexity index is 130. The quantitative estimate of drug-likeness (QED) is 0.512. The van der Waals surface area contributed by atoms with Crippen LogP contribution in [0, 0.1) is 0 Å². The Balaban J connectivity index is 2.25. The van der Waals surface area contributed by atoms with Gasteiger partial charge in [-0.15, -0.1) is 0 Å². The summed E-state index contributed by atoms with van der Waals surface area (Å²) in [6.07, 6.45) is 16.8. The summed E-state index contributed by atoms with van der Waals surface area (Å²) in [6.45, 7) is 0. The number of rotatable bonds is 1. The van der Waals surface area contributed by atoms with E-state index in [-0.39, 0.29) is 0 Å². The molecule has 0 heterocycles. The van der Waals surface area contributed by atoms with Crippen LogP contribution in [0.25, 0.3) is 0 Å². The Labute approximate surface area is 103 Å². The molecule has 0 bridgehead atoms. The van der Waals surface area contributed by atoms with Crippen LogP contribution in [0.5, 0.6) is 0 Å². The monoisotopic (exact) mass is 245 g/mol. The Kier molecular flexibility index (Phi) is 8.10. The summed E-state index contributed by atoms with van der Waals surface area (Å²) in [5.41, 5.74) is 0. The van der Waals surface area contributed by atoms with Gasteiger partial charge in [0.15, 0.2) is 0 Å². The van der Waals surface area contributed by atoms with E-state index in [0.29, 0.717) is 0 Å². The van der Waals surface area contributed by atoms with Crippen LogP contribution in [0.15, 0.2) is 0 Å². The van der Waals surface area contributed by atoms with Crippen molar-refractivity contribution in [2.24, 2.45) is 0 Å². The summed E-state index contributed by atoms with van der Waals surface area (Å²) < 4.78 is 1.18. The molecule has 89 valence electrons. The molecule has 1 saturated carbocycles. The summed E-state index contributed by atoms with van der Waals surface area (Å²) in [5, 5.41) is 5.16. The predicted octanol–water partition coefficient (Wildman–Crippen LogP) is 5.79. The molecule has 0 saturated heterocycles. The Morgan fingerprint density at radius 1 is 0.600 bits per heavy atom. The molecular formula is C14H29Ti. The van der Waals surface area contributed by atoms with Crippen LogP contribution >= 0.6 is 0 Å². The average molecular weight is 245 g/mol. The van der Waals surface area contributed by atoms with E-state index in [1.807, 2.05) is 0 Å². The first-order valence-corrected chi connectivity index (χ1v) is 11.1. The topological polar surface area (TPSA) is 0 Å². The van der Waals surface area contributed by atoms with Crippen molar-refractivity contribution in [1.82, 2.24) is 0 Å². The predicted molar refractivity (Wildman–Crippen MR) is 66.3 cm³/mol. The molecule has 1 heteroatoms. The third-order valence-corrected chi connectivity index (χ3v) is 7.37. The molecule has 0 aliphatic heterocycles. The summed E-state index contributed by atoms with van der Waals surface area (Å²) in [7, 11) is 0. The van der Waals surface area contributed by atoms with Gasteiger partial charge in [0, 0.05) is 0 Å². The zero-order valence-corrected chi connectivity index (χ0v) is 12.4. The fourth-order valence-corrected chi connectivity index (χ4v) is 5.18. The van der Waals surface area contributed by atoms with E-state index in [4.69, 9.17) is 0 Å². The van der Waals surface area contributed by atoms with Crippen molar-refractivity contribution < 1.29 is 17.9 Å². The summed E-state index contributed by atoms with van der Waals surface area (Å²) in [4.78, 5) is 0. The van der Waals surface area contributed by atoms with Gasteiger partial charge < -0.3 is 0 Å². The second kappa shape index (κ2) is 8.82. The van der Waals surface area contributed by atoms with Crippen LogP contribution in [-0.2, 0) is 17.9 Å². The third kappa shape index (κ3) is 6.79. The van der Waals surface area contributed by atoms with E-state index in [2.05, 4.69) is 10.5 Å². The molecule has 1 fully saturated rings. The van der Waals surface area contributed by atoms with Crippen LogP contribution in [0.3, 0.4) is 0 Å². The molecule has 1 rings (SSSR count). The zero-order valence-electron chi connectivity index (χ0n) is 10.9. The molecule has 15 heavy (non-hydrogen) atoms. The molecule has 1 aliphatic rings. The first-order chi connectivity index (χ1) is 7.30. The van der Waals surface area contributed by atoms with Gasteiger partial charge in [-0.25, -0.2) is 0 Å². The summed E-state index contributed by atoms with van der Waals surface area (Å²) in [6, 6.07) is 0. The van der Waals surface area contributed by atoms with Gasteiger partial charge in [0.1, 0.15) is 0 Å². The minimum absolute atomic E-state index is 0.616. The van der Waals surface area contributed by atoms with Gasteiger partial charge in [-0.1, -0.05) is 0 Å². The van der Waals surface area contributed by atoms with Crippen LogP contribution in [0.2, 0.25) is 14.7 Å². The molecule has 1 aliphatic carbocycles. The summed E-state index contributed by atoms with van der Waals surface area (Å²) in [5.74, 6) is 0. The second-order valence-electron chi connectivity index (χ2n) is 5.53. The van der Waals surface area contributed by atoms with Gasteiger partial charge in [0.25, 0.3) is 0 Å². The van der Waals surface area contributed by atoms with Crippen LogP contribution in [0.4, 0.5) is 0 Å². The molecule has 0 aromatic carbocycles. The van der Waals surface area contributed by atoms with Gasteiger partial charge in [-0.3, -0.25) is 0 Å². The molecule has 0 amide bonds.